The predicted octanol–water partition coefficient (Wildman–Crippen LogP) is 1.65. The highest BCUT2D eigenvalue weighted by Crippen LogP contribution is 2.26. The highest BCUT2D eigenvalue weighted by Gasteiger charge is 2.08. The van der Waals surface area contributed by atoms with E-state index >= 15 is 0 Å². The number of aromatic nitrogens is 2. The number of benzene rings is 1. The van der Waals surface area contributed by atoms with Crippen LogP contribution in [-0.2, 0) is 9.47 Å². The highest BCUT2D eigenvalue weighted by atomic mass is 79.9. The summed E-state index contributed by atoms with van der Waals surface area (Å²) in [5.74, 6) is 0. The van der Waals surface area contributed by atoms with Crippen molar-refractivity contribution in [3.8, 4) is 0 Å². The summed E-state index contributed by atoms with van der Waals surface area (Å²) >= 11 is 3.44. The van der Waals surface area contributed by atoms with E-state index in [0.717, 1.165) is 21.2 Å². The van der Waals surface area contributed by atoms with Gasteiger partial charge in [0, 0.05) is 18.7 Å². The average molecular weight is 316 g/mol. The molecule has 0 bridgehead atoms. The second kappa shape index (κ2) is 5.55. The van der Waals surface area contributed by atoms with Crippen LogP contribution in [0.5, 0.6) is 0 Å². The van der Waals surface area contributed by atoms with Crippen molar-refractivity contribution in [3.63, 3.8) is 0 Å². The molecular weight excluding hydrogens is 302 g/mol. The predicted molar refractivity (Wildman–Crippen MR) is 72.9 cm³/mol. The van der Waals surface area contributed by atoms with E-state index in [1.807, 2.05) is 12.1 Å². The molecule has 2 aromatic rings. The van der Waals surface area contributed by atoms with Crippen molar-refractivity contribution in [3.05, 3.63) is 27.1 Å². The summed E-state index contributed by atoms with van der Waals surface area (Å²) in [6.45, 7) is 0.506. The fourth-order valence-electron chi connectivity index (χ4n) is 1.65. The Balaban J connectivity index is 2.22. The van der Waals surface area contributed by atoms with E-state index in [9.17, 15) is 4.79 Å². The van der Waals surface area contributed by atoms with Crippen LogP contribution in [0.1, 0.15) is 0 Å². The van der Waals surface area contributed by atoms with Crippen LogP contribution in [0.3, 0.4) is 0 Å². The van der Waals surface area contributed by atoms with E-state index in [-0.39, 0.29) is 12.0 Å². The summed E-state index contributed by atoms with van der Waals surface area (Å²) in [7, 11) is 3.16. The van der Waals surface area contributed by atoms with Crippen LogP contribution in [0.15, 0.2) is 21.4 Å². The van der Waals surface area contributed by atoms with Gasteiger partial charge in [-0.1, -0.05) is 0 Å². The molecule has 0 atom stereocenters. The first-order valence-corrected chi connectivity index (χ1v) is 6.14. The summed E-state index contributed by atoms with van der Waals surface area (Å²) in [5.41, 5.74) is 2.14. The third-order valence-electron chi connectivity index (χ3n) is 2.59. The Hall–Kier alpha value is -1.31. The molecule has 0 aliphatic heterocycles. The molecule has 0 unspecified atom stereocenters. The molecule has 18 heavy (non-hydrogen) atoms. The number of aromatic amines is 2. The van der Waals surface area contributed by atoms with Gasteiger partial charge < -0.3 is 24.8 Å². The Morgan fingerprint density at radius 3 is 2.50 bits per heavy atom. The van der Waals surface area contributed by atoms with E-state index in [0.29, 0.717) is 6.54 Å². The molecule has 0 saturated carbocycles. The normalized spacial score (nSPS) is 11.3. The van der Waals surface area contributed by atoms with E-state index < -0.39 is 0 Å². The van der Waals surface area contributed by atoms with Crippen LogP contribution in [0.25, 0.3) is 11.0 Å². The maximum absolute atomic E-state index is 11.2. The Bertz CT molecular complexity index is 589. The Morgan fingerprint density at radius 1 is 1.28 bits per heavy atom. The molecule has 0 fully saturated rings. The molecule has 7 heteroatoms. The molecule has 3 N–H and O–H groups in total. The van der Waals surface area contributed by atoms with Crippen LogP contribution in [0.2, 0.25) is 0 Å². The topological polar surface area (TPSA) is 79.1 Å². The Labute approximate surface area is 112 Å². The molecule has 0 amide bonds. The van der Waals surface area contributed by atoms with Gasteiger partial charge in [0.25, 0.3) is 0 Å². The molecule has 0 spiro atoms. The fourth-order valence-corrected chi connectivity index (χ4v) is 2.13. The molecular formula is C11H14BrN3O3. The third-order valence-corrected chi connectivity index (χ3v) is 3.24. The molecule has 1 heterocycles. The van der Waals surface area contributed by atoms with Gasteiger partial charge in [-0.15, -0.1) is 0 Å². The third kappa shape index (κ3) is 2.74. The van der Waals surface area contributed by atoms with Gasteiger partial charge >= 0.3 is 5.69 Å². The van der Waals surface area contributed by atoms with Gasteiger partial charge in [0.1, 0.15) is 0 Å². The Morgan fingerprint density at radius 2 is 1.89 bits per heavy atom. The molecule has 1 aromatic carbocycles. The summed E-state index contributed by atoms with van der Waals surface area (Å²) < 4.78 is 11.0. The summed E-state index contributed by atoms with van der Waals surface area (Å²) in [4.78, 5) is 16.6. The van der Waals surface area contributed by atoms with E-state index in [4.69, 9.17) is 9.47 Å². The minimum atomic E-state index is -0.321. The first-order chi connectivity index (χ1) is 8.63. The van der Waals surface area contributed by atoms with Crippen molar-refractivity contribution in [2.24, 2.45) is 0 Å². The largest absolute Gasteiger partial charge is 0.379 e. The second-order valence-corrected chi connectivity index (χ2v) is 4.59. The summed E-state index contributed by atoms with van der Waals surface area (Å²) in [5, 5.41) is 3.18. The molecule has 98 valence electrons. The summed E-state index contributed by atoms with van der Waals surface area (Å²) in [6.07, 6.45) is -0.321. The van der Waals surface area contributed by atoms with Gasteiger partial charge in [-0.2, -0.15) is 0 Å². The van der Waals surface area contributed by atoms with Crippen molar-refractivity contribution in [2.45, 2.75) is 6.29 Å². The number of hydrogen-bond donors (Lipinski definition) is 3. The molecule has 1 aromatic heterocycles. The molecule has 6 nitrogen and oxygen atoms in total. The average Bonchev–Trinajstić information content (AvgIpc) is 2.69. The summed E-state index contributed by atoms with van der Waals surface area (Å²) in [6, 6.07) is 3.68. The van der Waals surface area contributed by atoms with Crippen LogP contribution < -0.4 is 11.0 Å². The maximum atomic E-state index is 11.2. The lowest BCUT2D eigenvalue weighted by atomic mass is 10.2. The number of hydrogen-bond acceptors (Lipinski definition) is 4. The lowest BCUT2D eigenvalue weighted by Gasteiger charge is -2.15. The van der Waals surface area contributed by atoms with Gasteiger partial charge in [0.05, 0.1) is 23.3 Å². The van der Waals surface area contributed by atoms with Crippen molar-refractivity contribution in [2.75, 3.05) is 26.1 Å². The van der Waals surface area contributed by atoms with E-state index in [1.54, 1.807) is 14.2 Å². The monoisotopic (exact) mass is 315 g/mol. The number of nitrogens with one attached hydrogen (secondary N) is 3. The lowest BCUT2D eigenvalue weighted by molar-refractivity contribution is -0.0914. The second-order valence-electron chi connectivity index (χ2n) is 3.74. The van der Waals surface area contributed by atoms with Crippen molar-refractivity contribution in [1.82, 2.24) is 9.97 Å². The number of H-pyrrole nitrogens is 2. The number of fused-ring (bicyclic) bond motifs is 1. The number of ether oxygens (including phenoxy) is 2. The minimum Gasteiger partial charge on any atom is -0.379 e. The quantitative estimate of drug-likeness (QED) is 0.733. The van der Waals surface area contributed by atoms with Crippen molar-refractivity contribution < 1.29 is 9.47 Å². The van der Waals surface area contributed by atoms with Crippen LogP contribution in [-0.4, -0.2) is 37.0 Å². The van der Waals surface area contributed by atoms with E-state index in [1.165, 1.54) is 0 Å². The van der Waals surface area contributed by atoms with Crippen LogP contribution >= 0.6 is 15.9 Å². The van der Waals surface area contributed by atoms with Crippen LogP contribution in [0.4, 0.5) is 5.69 Å². The first-order valence-electron chi connectivity index (χ1n) is 5.35. The lowest BCUT2D eigenvalue weighted by Crippen LogP contribution is -2.23. The number of methoxy groups -OCH3 is 2. The van der Waals surface area contributed by atoms with Gasteiger partial charge in [0.2, 0.25) is 0 Å². The van der Waals surface area contributed by atoms with Gasteiger partial charge in [-0.05, 0) is 28.1 Å². The minimum absolute atomic E-state index is 0.222. The molecule has 2 rings (SSSR count). The number of anilines is 1. The van der Waals surface area contributed by atoms with Crippen molar-refractivity contribution >= 4 is 32.7 Å². The SMILES string of the molecule is COC(CNc1cc2[nH]c(=O)[nH]c2cc1Br)OC. The molecule has 0 aliphatic rings. The number of imidazole rings is 1. The Kier molecular flexibility index (Phi) is 4.05. The van der Waals surface area contributed by atoms with Crippen molar-refractivity contribution in [1.29, 1.82) is 0 Å². The van der Waals surface area contributed by atoms with E-state index in [2.05, 4.69) is 31.2 Å². The van der Waals surface area contributed by atoms with Gasteiger partial charge in [-0.3, -0.25) is 0 Å². The maximum Gasteiger partial charge on any atom is 0.323 e. The standard InChI is InChI=1S/C11H14BrN3O3/c1-17-10(18-2)5-13-7-4-9-8(3-6(7)12)14-11(16)15-9/h3-4,10,13H,5H2,1-2H3,(H2,14,15,16). The highest BCUT2D eigenvalue weighted by molar-refractivity contribution is 9.10. The zero-order valence-electron chi connectivity index (χ0n) is 10.0. The number of halogens is 1. The molecule has 0 saturated heterocycles. The number of rotatable bonds is 5. The zero-order valence-corrected chi connectivity index (χ0v) is 11.6. The fraction of sp³-hybridized carbons (Fsp3) is 0.364. The van der Waals surface area contributed by atoms with Gasteiger partial charge in [-0.25, -0.2) is 4.79 Å². The molecule has 0 aliphatic carbocycles. The smallest absolute Gasteiger partial charge is 0.323 e. The first kappa shape index (κ1) is 13.1. The molecule has 0 radical (unpaired) electrons. The zero-order chi connectivity index (χ0) is 13.1. The van der Waals surface area contributed by atoms with Gasteiger partial charge in [0.15, 0.2) is 6.29 Å². The van der Waals surface area contributed by atoms with Crippen LogP contribution in [0, 0.1) is 0 Å².